The van der Waals surface area contributed by atoms with Crippen molar-refractivity contribution in [2.45, 2.75) is 42.4 Å². The molecule has 2 aromatic rings. The van der Waals surface area contributed by atoms with E-state index in [9.17, 15) is 18.4 Å². The third-order valence-electron chi connectivity index (χ3n) is 5.33. The summed E-state index contributed by atoms with van der Waals surface area (Å²) in [5, 5.41) is 9.14. The summed E-state index contributed by atoms with van der Waals surface area (Å²) in [6, 6.07) is 10.6. The second kappa shape index (κ2) is 10.1. The van der Waals surface area contributed by atoms with Crippen LogP contribution in [0.25, 0.3) is 6.08 Å². The summed E-state index contributed by atoms with van der Waals surface area (Å²) in [5.74, 6) is -3.65. The van der Waals surface area contributed by atoms with Gasteiger partial charge in [-0.15, -0.1) is 0 Å². The molecule has 0 aliphatic carbocycles. The maximum Gasteiger partial charge on any atom is 0.308 e. The molecule has 3 rings (SSSR count). The minimum atomic E-state index is -1.02. The lowest BCUT2D eigenvalue weighted by atomic mass is 9.98. The monoisotopic (exact) mass is 445 g/mol. The van der Waals surface area contributed by atoms with Gasteiger partial charge in [0.05, 0.1) is 10.8 Å². The fourth-order valence-corrected chi connectivity index (χ4v) is 4.69. The Labute approximate surface area is 185 Å². The number of amides is 1. The van der Waals surface area contributed by atoms with Crippen LogP contribution in [-0.2, 0) is 9.59 Å². The van der Waals surface area contributed by atoms with Gasteiger partial charge in [-0.3, -0.25) is 9.59 Å². The van der Waals surface area contributed by atoms with Gasteiger partial charge in [0, 0.05) is 29.6 Å². The van der Waals surface area contributed by atoms with Gasteiger partial charge >= 0.3 is 5.97 Å². The van der Waals surface area contributed by atoms with E-state index in [1.54, 1.807) is 0 Å². The molecule has 164 valence electrons. The van der Waals surface area contributed by atoms with Crippen LogP contribution < -0.4 is 0 Å². The summed E-state index contributed by atoms with van der Waals surface area (Å²) in [5.41, 5.74) is 1.03. The van der Waals surface area contributed by atoms with Crippen molar-refractivity contribution in [3.05, 3.63) is 65.2 Å². The Morgan fingerprint density at radius 2 is 1.87 bits per heavy atom. The quantitative estimate of drug-likeness (QED) is 0.590. The predicted octanol–water partition coefficient (Wildman–Crippen LogP) is 5.58. The summed E-state index contributed by atoms with van der Waals surface area (Å²) in [7, 11) is 0. The number of rotatable bonds is 6. The molecule has 1 amide bonds. The summed E-state index contributed by atoms with van der Waals surface area (Å²) >= 11 is 1.17. The Morgan fingerprint density at radius 1 is 1.13 bits per heavy atom. The van der Waals surface area contributed by atoms with Gasteiger partial charge in [-0.1, -0.05) is 49.9 Å². The Balaban J connectivity index is 1.75. The maximum atomic E-state index is 14.7. The lowest BCUT2D eigenvalue weighted by Crippen LogP contribution is -2.41. The van der Waals surface area contributed by atoms with Gasteiger partial charge in [-0.05, 0) is 42.5 Å². The van der Waals surface area contributed by atoms with Crippen molar-refractivity contribution in [1.82, 2.24) is 4.90 Å². The van der Waals surface area contributed by atoms with Gasteiger partial charge < -0.3 is 10.0 Å². The van der Waals surface area contributed by atoms with Crippen LogP contribution >= 0.6 is 11.8 Å². The number of aliphatic carboxylic acids is 1. The fraction of sp³-hybridized carbons (Fsp3) is 0.333. The lowest BCUT2D eigenvalue weighted by molar-refractivity contribution is -0.144. The van der Waals surface area contributed by atoms with Crippen molar-refractivity contribution in [2.24, 2.45) is 5.92 Å². The number of nitrogens with zero attached hydrogens (tertiary/aromatic N) is 1. The number of carboxylic acid groups (broad SMARTS) is 1. The molecule has 2 aromatic carbocycles. The minimum absolute atomic E-state index is 0.0286. The Bertz CT molecular complexity index is 1010. The van der Waals surface area contributed by atoms with Gasteiger partial charge in [0.25, 0.3) is 0 Å². The molecule has 1 heterocycles. The molecule has 1 saturated heterocycles. The largest absolute Gasteiger partial charge is 0.481 e. The molecule has 0 saturated carbocycles. The second-order valence-electron chi connectivity index (χ2n) is 7.87. The number of benzene rings is 2. The molecule has 4 nitrogen and oxygen atoms in total. The molecule has 1 aliphatic rings. The van der Waals surface area contributed by atoms with E-state index in [1.165, 1.54) is 40.9 Å². The Hall–Kier alpha value is -2.67. The molecule has 1 unspecified atom stereocenters. The third-order valence-corrected chi connectivity index (χ3v) is 6.45. The van der Waals surface area contributed by atoms with Gasteiger partial charge in [0.1, 0.15) is 0 Å². The highest BCUT2D eigenvalue weighted by Gasteiger charge is 2.27. The summed E-state index contributed by atoms with van der Waals surface area (Å²) in [4.78, 5) is 26.0. The zero-order valence-corrected chi connectivity index (χ0v) is 18.3. The van der Waals surface area contributed by atoms with Crippen LogP contribution in [0.15, 0.2) is 52.3 Å². The van der Waals surface area contributed by atoms with E-state index in [2.05, 4.69) is 0 Å². The van der Waals surface area contributed by atoms with E-state index in [4.69, 9.17) is 5.11 Å². The predicted molar refractivity (Wildman–Crippen MR) is 117 cm³/mol. The number of likely N-dealkylation sites (tertiary alicyclic amines) is 1. The number of carboxylic acids is 1. The highest BCUT2D eigenvalue weighted by molar-refractivity contribution is 7.99. The minimum Gasteiger partial charge on any atom is -0.481 e. The van der Waals surface area contributed by atoms with Crippen molar-refractivity contribution < 1.29 is 23.5 Å². The van der Waals surface area contributed by atoms with E-state index in [1.807, 2.05) is 38.1 Å². The molecule has 0 bridgehead atoms. The smallest absolute Gasteiger partial charge is 0.308 e. The molecular weight excluding hydrogens is 420 g/mol. The molecule has 1 N–H and O–H groups in total. The average molecular weight is 446 g/mol. The molecule has 0 spiro atoms. The highest BCUT2D eigenvalue weighted by Crippen LogP contribution is 2.36. The number of carbonyl (C=O) groups is 2. The van der Waals surface area contributed by atoms with Crippen molar-refractivity contribution in [2.75, 3.05) is 13.1 Å². The zero-order valence-electron chi connectivity index (χ0n) is 17.5. The number of carbonyl (C=O) groups excluding carboxylic acids is 1. The average Bonchev–Trinajstić information content (AvgIpc) is 2.76. The van der Waals surface area contributed by atoms with Gasteiger partial charge in [-0.25, -0.2) is 8.78 Å². The van der Waals surface area contributed by atoms with Crippen LogP contribution in [0.2, 0.25) is 0 Å². The summed E-state index contributed by atoms with van der Waals surface area (Å²) in [6.45, 7) is 4.67. The molecule has 1 fully saturated rings. The third kappa shape index (κ3) is 5.53. The normalized spacial score (nSPS) is 16.8. The first-order chi connectivity index (χ1) is 14.8. The van der Waals surface area contributed by atoms with Crippen LogP contribution in [0.5, 0.6) is 0 Å². The van der Waals surface area contributed by atoms with E-state index in [-0.39, 0.29) is 22.9 Å². The van der Waals surface area contributed by atoms with Crippen molar-refractivity contribution >= 4 is 29.7 Å². The standard InChI is InChI=1S/C24H25F2NO3S/c1-15(2)18-7-3-4-8-19(18)31-20-11-9-16(22(25)23(20)26)10-12-21(28)27-13-5-6-17(14-27)24(29)30/h3-4,7-12,15,17H,5-6,13-14H2,1-2H3,(H,29,30). The molecular formula is C24H25F2NO3S. The lowest BCUT2D eigenvalue weighted by Gasteiger charge is -2.29. The molecule has 0 radical (unpaired) electrons. The van der Waals surface area contributed by atoms with Crippen molar-refractivity contribution in [1.29, 1.82) is 0 Å². The topological polar surface area (TPSA) is 57.6 Å². The van der Waals surface area contributed by atoms with Crippen molar-refractivity contribution in [3.8, 4) is 0 Å². The van der Waals surface area contributed by atoms with Crippen LogP contribution in [0.4, 0.5) is 8.78 Å². The molecule has 1 aliphatic heterocycles. The molecule has 7 heteroatoms. The van der Waals surface area contributed by atoms with Gasteiger partial charge in [0.2, 0.25) is 5.91 Å². The number of hydrogen-bond donors (Lipinski definition) is 1. The SMILES string of the molecule is CC(C)c1ccccc1Sc1ccc(C=CC(=O)N2CCCC(C(=O)O)C2)c(F)c1F. The number of halogens is 2. The van der Waals surface area contributed by atoms with Crippen LogP contribution in [-0.4, -0.2) is 35.0 Å². The van der Waals surface area contributed by atoms with E-state index in [0.29, 0.717) is 19.4 Å². The Morgan fingerprint density at radius 3 is 2.58 bits per heavy atom. The first-order valence-electron chi connectivity index (χ1n) is 10.2. The van der Waals surface area contributed by atoms with Crippen LogP contribution in [0.1, 0.15) is 43.7 Å². The summed E-state index contributed by atoms with van der Waals surface area (Å²) < 4.78 is 29.4. The molecule has 0 aromatic heterocycles. The van der Waals surface area contributed by atoms with Gasteiger partial charge in [0.15, 0.2) is 11.6 Å². The first-order valence-corrected chi connectivity index (χ1v) is 11.0. The number of piperidine rings is 1. The molecule has 1 atom stereocenters. The summed E-state index contributed by atoms with van der Waals surface area (Å²) in [6.07, 6.45) is 3.54. The Kier molecular flexibility index (Phi) is 7.49. The number of hydrogen-bond acceptors (Lipinski definition) is 3. The van der Waals surface area contributed by atoms with E-state index >= 15 is 0 Å². The zero-order chi connectivity index (χ0) is 22.5. The van der Waals surface area contributed by atoms with E-state index < -0.39 is 29.4 Å². The van der Waals surface area contributed by atoms with Crippen LogP contribution in [0.3, 0.4) is 0 Å². The highest BCUT2D eigenvalue weighted by atomic mass is 32.2. The fourth-order valence-electron chi connectivity index (χ4n) is 3.57. The maximum absolute atomic E-state index is 14.7. The second-order valence-corrected chi connectivity index (χ2v) is 8.95. The van der Waals surface area contributed by atoms with E-state index in [0.717, 1.165) is 10.5 Å². The van der Waals surface area contributed by atoms with Crippen LogP contribution in [0, 0.1) is 17.6 Å². The molecule has 31 heavy (non-hydrogen) atoms. The first kappa shape index (κ1) is 23.0. The van der Waals surface area contributed by atoms with Gasteiger partial charge in [-0.2, -0.15) is 0 Å². The van der Waals surface area contributed by atoms with Crippen molar-refractivity contribution in [3.63, 3.8) is 0 Å².